The Labute approximate surface area is 167 Å². The number of rotatable bonds is 5. The molecule has 1 aromatic carbocycles. The number of ether oxygens (including phenoxy) is 3. The third kappa shape index (κ3) is 3.37. The Morgan fingerprint density at radius 3 is 2.28 bits per heavy atom. The van der Waals surface area contributed by atoms with Crippen LogP contribution in [0, 0.1) is 0 Å². The van der Waals surface area contributed by atoms with Crippen LogP contribution in [0.4, 0.5) is 5.82 Å². The zero-order valence-electron chi connectivity index (χ0n) is 16.5. The van der Waals surface area contributed by atoms with Crippen molar-refractivity contribution in [2.75, 3.05) is 52.4 Å². The van der Waals surface area contributed by atoms with Crippen molar-refractivity contribution >= 4 is 22.9 Å². The molecule has 10 nitrogen and oxygen atoms in total. The number of piperazine rings is 1. The molecule has 10 heteroatoms. The van der Waals surface area contributed by atoms with Crippen LogP contribution >= 0.6 is 0 Å². The van der Waals surface area contributed by atoms with E-state index in [1.807, 2.05) is 4.90 Å². The number of aromatic nitrogens is 4. The van der Waals surface area contributed by atoms with E-state index < -0.39 is 0 Å². The topological polar surface area (TPSA) is 106 Å². The second-order valence-electron chi connectivity index (χ2n) is 6.49. The van der Waals surface area contributed by atoms with Gasteiger partial charge in [0.15, 0.2) is 23.0 Å². The Kier molecular flexibility index (Phi) is 5.07. The molecule has 152 valence electrons. The fourth-order valence-corrected chi connectivity index (χ4v) is 3.50. The first-order chi connectivity index (χ1) is 14.2. The standard InChI is InChI=1S/C19H22N6O4/c1-27-13-8-12(9-14(28-2)16(13)29-3)19(26)25-6-4-24(5-7-25)18-15-17(21-10-20-15)22-11-23-18/h8-11H,4-7H2,1-3H3,(H,20,21,22,23). The average Bonchev–Trinajstić information content (AvgIpc) is 3.26. The monoisotopic (exact) mass is 398 g/mol. The van der Waals surface area contributed by atoms with Crippen LogP contribution in [0.15, 0.2) is 24.8 Å². The van der Waals surface area contributed by atoms with E-state index in [9.17, 15) is 4.79 Å². The van der Waals surface area contributed by atoms with E-state index in [1.165, 1.54) is 27.7 Å². The molecule has 0 aliphatic carbocycles. The van der Waals surface area contributed by atoms with Crippen molar-refractivity contribution in [1.29, 1.82) is 0 Å². The second kappa shape index (κ2) is 7.82. The quantitative estimate of drug-likeness (QED) is 0.686. The van der Waals surface area contributed by atoms with E-state index in [0.29, 0.717) is 54.6 Å². The first kappa shape index (κ1) is 18.8. The molecule has 0 unspecified atom stereocenters. The summed E-state index contributed by atoms with van der Waals surface area (Å²) >= 11 is 0. The molecule has 1 saturated heterocycles. The summed E-state index contributed by atoms with van der Waals surface area (Å²) in [5.41, 5.74) is 1.92. The number of hydrogen-bond acceptors (Lipinski definition) is 8. The number of aromatic amines is 1. The highest BCUT2D eigenvalue weighted by Gasteiger charge is 2.26. The number of nitrogens with one attached hydrogen (secondary N) is 1. The van der Waals surface area contributed by atoms with Crippen molar-refractivity contribution in [1.82, 2.24) is 24.8 Å². The van der Waals surface area contributed by atoms with Crippen LogP contribution in [-0.4, -0.2) is 78.3 Å². The molecule has 0 atom stereocenters. The van der Waals surface area contributed by atoms with Crippen molar-refractivity contribution in [2.45, 2.75) is 0 Å². The number of hydrogen-bond donors (Lipinski definition) is 1. The van der Waals surface area contributed by atoms with Gasteiger partial charge in [-0.3, -0.25) is 4.79 Å². The largest absolute Gasteiger partial charge is 0.493 e. The van der Waals surface area contributed by atoms with E-state index in [1.54, 1.807) is 18.5 Å². The Balaban J connectivity index is 1.51. The number of nitrogens with zero attached hydrogens (tertiary/aromatic N) is 5. The van der Waals surface area contributed by atoms with Crippen LogP contribution < -0.4 is 19.1 Å². The van der Waals surface area contributed by atoms with Gasteiger partial charge >= 0.3 is 0 Å². The van der Waals surface area contributed by atoms with Gasteiger partial charge in [-0.25, -0.2) is 15.0 Å². The van der Waals surface area contributed by atoms with Gasteiger partial charge in [0.25, 0.3) is 5.91 Å². The van der Waals surface area contributed by atoms with Crippen molar-refractivity contribution in [3.05, 3.63) is 30.4 Å². The summed E-state index contributed by atoms with van der Waals surface area (Å²) in [6.45, 7) is 2.44. The van der Waals surface area contributed by atoms with E-state index in [0.717, 1.165) is 11.3 Å². The van der Waals surface area contributed by atoms with E-state index in [2.05, 4.69) is 24.8 Å². The molecule has 1 fully saturated rings. The van der Waals surface area contributed by atoms with Crippen molar-refractivity contribution in [3.63, 3.8) is 0 Å². The number of fused-ring (bicyclic) bond motifs is 1. The summed E-state index contributed by atoms with van der Waals surface area (Å²) in [6, 6.07) is 3.35. The maximum atomic E-state index is 13.1. The lowest BCUT2D eigenvalue weighted by Gasteiger charge is -2.35. The molecule has 3 heterocycles. The number of amides is 1. The van der Waals surface area contributed by atoms with Gasteiger partial charge in [-0.2, -0.15) is 0 Å². The van der Waals surface area contributed by atoms with Gasteiger partial charge in [0, 0.05) is 31.7 Å². The van der Waals surface area contributed by atoms with Gasteiger partial charge in [0.1, 0.15) is 11.8 Å². The molecule has 3 aromatic rings. The van der Waals surface area contributed by atoms with Crippen LogP contribution in [0.3, 0.4) is 0 Å². The van der Waals surface area contributed by atoms with Crippen LogP contribution in [0.1, 0.15) is 10.4 Å². The van der Waals surface area contributed by atoms with Crippen molar-refractivity contribution < 1.29 is 19.0 Å². The summed E-state index contributed by atoms with van der Waals surface area (Å²) in [6.07, 6.45) is 3.11. The maximum absolute atomic E-state index is 13.1. The lowest BCUT2D eigenvalue weighted by molar-refractivity contribution is 0.0745. The molecule has 1 N–H and O–H groups in total. The second-order valence-corrected chi connectivity index (χ2v) is 6.49. The molecule has 1 amide bonds. The molecule has 1 aliphatic heterocycles. The number of imidazole rings is 1. The molecule has 29 heavy (non-hydrogen) atoms. The molecular weight excluding hydrogens is 376 g/mol. The summed E-state index contributed by atoms with van der Waals surface area (Å²) in [7, 11) is 4.59. The van der Waals surface area contributed by atoms with Crippen molar-refractivity contribution in [2.24, 2.45) is 0 Å². The molecular formula is C19H22N6O4. The van der Waals surface area contributed by atoms with E-state index in [4.69, 9.17) is 14.2 Å². The predicted octanol–water partition coefficient (Wildman–Crippen LogP) is 1.34. The van der Waals surface area contributed by atoms with E-state index in [-0.39, 0.29) is 5.91 Å². The Hall–Kier alpha value is -3.56. The van der Waals surface area contributed by atoms with Gasteiger partial charge in [-0.1, -0.05) is 0 Å². The fourth-order valence-electron chi connectivity index (χ4n) is 3.50. The average molecular weight is 398 g/mol. The Morgan fingerprint density at radius 1 is 0.966 bits per heavy atom. The minimum Gasteiger partial charge on any atom is -0.493 e. The van der Waals surface area contributed by atoms with Gasteiger partial charge < -0.3 is 29.0 Å². The minimum atomic E-state index is -0.0849. The summed E-state index contributed by atoms with van der Waals surface area (Å²) in [5, 5.41) is 0. The molecule has 4 rings (SSSR count). The third-order valence-corrected chi connectivity index (χ3v) is 4.98. The number of H-pyrrole nitrogens is 1. The maximum Gasteiger partial charge on any atom is 0.254 e. The zero-order valence-corrected chi connectivity index (χ0v) is 16.5. The van der Waals surface area contributed by atoms with Gasteiger partial charge in [0.2, 0.25) is 5.75 Å². The molecule has 0 radical (unpaired) electrons. The Morgan fingerprint density at radius 2 is 1.66 bits per heavy atom. The van der Waals surface area contributed by atoms with Crippen molar-refractivity contribution in [3.8, 4) is 17.2 Å². The van der Waals surface area contributed by atoms with Crippen LogP contribution in [0.5, 0.6) is 17.2 Å². The molecule has 0 spiro atoms. The SMILES string of the molecule is COc1cc(C(=O)N2CCN(c3ncnc4nc[nH]c34)CC2)cc(OC)c1OC. The zero-order chi connectivity index (χ0) is 20.4. The fraction of sp³-hybridized carbons (Fsp3) is 0.368. The first-order valence-corrected chi connectivity index (χ1v) is 9.14. The molecule has 1 aliphatic rings. The van der Waals surface area contributed by atoms with Crippen LogP contribution in [0.2, 0.25) is 0 Å². The summed E-state index contributed by atoms with van der Waals surface area (Å²) in [5.74, 6) is 2.09. The highest BCUT2D eigenvalue weighted by Crippen LogP contribution is 2.38. The first-order valence-electron chi connectivity index (χ1n) is 9.14. The highest BCUT2D eigenvalue weighted by molar-refractivity contribution is 5.96. The molecule has 0 bridgehead atoms. The van der Waals surface area contributed by atoms with Gasteiger partial charge in [0.05, 0.1) is 27.7 Å². The number of carbonyl (C=O) groups excluding carboxylic acids is 1. The van der Waals surface area contributed by atoms with Gasteiger partial charge in [-0.15, -0.1) is 0 Å². The predicted molar refractivity (Wildman–Crippen MR) is 106 cm³/mol. The molecule has 2 aromatic heterocycles. The van der Waals surface area contributed by atoms with Crippen LogP contribution in [-0.2, 0) is 0 Å². The minimum absolute atomic E-state index is 0.0849. The van der Waals surface area contributed by atoms with E-state index >= 15 is 0 Å². The summed E-state index contributed by atoms with van der Waals surface area (Å²) in [4.78, 5) is 32.8. The van der Waals surface area contributed by atoms with Gasteiger partial charge in [-0.05, 0) is 12.1 Å². The summed E-state index contributed by atoms with van der Waals surface area (Å²) < 4.78 is 16.0. The Bertz CT molecular complexity index is 1000. The number of anilines is 1. The number of methoxy groups -OCH3 is 3. The lowest BCUT2D eigenvalue weighted by Crippen LogP contribution is -2.49. The number of carbonyl (C=O) groups is 1. The normalized spacial score (nSPS) is 14.2. The number of benzene rings is 1. The third-order valence-electron chi connectivity index (χ3n) is 4.98. The smallest absolute Gasteiger partial charge is 0.254 e. The highest BCUT2D eigenvalue weighted by atomic mass is 16.5. The lowest BCUT2D eigenvalue weighted by atomic mass is 10.1. The van der Waals surface area contributed by atoms with Crippen LogP contribution in [0.25, 0.3) is 11.2 Å². The molecule has 0 saturated carbocycles.